The third kappa shape index (κ3) is 5.28. The average molecular weight is 651 g/mol. The highest BCUT2D eigenvalue weighted by Crippen LogP contribution is 2.46. The van der Waals surface area contributed by atoms with Gasteiger partial charge in [-0.2, -0.15) is 0 Å². The molecule has 0 radical (unpaired) electrons. The third-order valence-electron chi connectivity index (χ3n) is 9.37. The van der Waals surface area contributed by atoms with E-state index in [0.717, 1.165) is 15.6 Å². The number of methoxy groups -OCH3 is 9. The highest BCUT2D eigenvalue weighted by atomic mass is 28.3. The average Bonchev–Trinajstić information content (AvgIpc) is 3.29. The molecule has 10 heteroatoms. The molecule has 0 aromatic heterocycles. The van der Waals surface area contributed by atoms with Crippen molar-refractivity contribution in [1.82, 2.24) is 0 Å². The van der Waals surface area contributed by atoms with Crippen molar-refractivity contribution in [3.05, 3.63) is 58.3 Å². The van der Waals surface area contributed by atoms with Gasteiger partial charge in [-0.05, 0) is 50.5 Å². The van der Waals surface area contributed by atoms with Gasteiger partial charge in [0, 0.05) is 33.8 Å². The minimum atomic E-state index is -3.59. The van der Waals surface area contributed by atoms with Crippen molar-refractivity contribution < 1.29 is 42.6 Å². The van der Waals surface area contributed by atoms with Gasteiger partial charge >= 0.3 is 0 Å². The van der Waals surface area contributed by atoms with Crippen LogP contribution in [0.5, 0.6) is 51.7 Å². The number of benzene rings is 3. The molecule has 0 aliphatic heterocycles. The Kier molecular flexibility index (Phi) is 10.4. The van der Waals surface area contributed by atoms with Gasteiger partial charge in [-0.15, -0.1) is 0 Å². The van der Waals surface area contributed by atoms with Gasteiger partial charge < -0.3 is 42.6 Å². The molecule has 0 spiro atoms. The lowest BCUT2D eigenvalue weighted by molar-refractivity contribution is 0.349. The molecule has 0 bridgehead atoms. The monoisotopic (exact) mass is 650 g/mol. The van der Waals surface area contributed by atoms with E-state index in [-0.39, 0.29) is 5.92 Å². The Bertz CT molecular complexity index is 1520. The van der Waals surface area contributed by atoms with E-state index in [4.69, 9.17) is 42.6 Å². The summed E-state index contributed by atoms with van der Waals surface area (Å²) in [4.78, 5) is 0. The number of hydrogen-bond acceptors (Lipinski definition) is 9. The Hall–Kier alpha value is -4.44. The summed E-state index contributed by atoms with van der Waals surface area (Å²) in [6, 6.07) is 11.7. The minimum absolute atomic E-state index is 0.0417. The Labute approximate surface area is 273 Å². The molecule has 1 atom stereocenters. The van der Waals surface area contributed by atoms with Crippen LogP contribution in [0.2, 0.25) is 0 Å². The Morgan fingerprint density at radius 3 is 0.870 bits per heavy atom. The Morgan fingerprint density at radius 1 is 0.391 bits per heavy atom. The molecule has 3 aromatic rings. The maximum Gasteiger partial charge on any atom is 0.189 e. The van der Waals surface area contributed by atoms with Gasteiger partial charge in [0.25, 0.3) is 0 Å². The molecule has 3 aromatic carbocycles. The SMILES string of the molecule is COc1cc(OC)c([Si](C2=C(C)C(C)=C(C)C2C)(c2cc(OC)c(OC)cc2OC)c2cc(OC)c(OC)cc2OC)cc1OC. The van der Waals surface area contributed by atoms with E-state index in [2.05, 4.69) is 27.7 Å². The molecule has 248 valence electrons. The fourth-order valence-electron chi connectivity index (χ4n) is 6.81. The van der Waals surface area contributed by atoms with E-state index in [9.17, 15) is 0 Å². The van der Waals surface area contributed by atoms with Crippen molar-refractivity contribution in [2.75, 3.05) is 64.0 Å². The van der Waals surface area contributed by atoms with Gasteiger partial charge in [-0.3, -0.25) is 0 Å². The summed E-state index contributed by atoms with van der Waals surface area (Å²) in [7, 11) is 11.1. The second kappa shape index (κ2) is 13.9. The molecule has 0 amide bonds. The normalized spacial score (nSPS) is 14.7. The van der Waals surface area contributed by atoms with Crippen molar-refractivity contribution >= 4 is 23.6 Å². The molecule has 1 aliphatic carbocycles. The fraction of sp³-hybridized carbons (Fsp3) is 0.389. The van der Waals surface area contributed by atoms with Crippen molar-refractivity contribution in [2.45, 2.75) is 27.7 Å². The second-order valence-electron chi connectivity index (χ2n) is 11.0. The van der Waals surface area contributed by atoms with Gasteiger partial charge in [0.2, 0.25) is 0 Å². The fourth-order valence-corrected chi connectivity index (χ4v) is 12.8. The predicted molar refractivity (Wildman–Crippen MR) is 183 cm³/mol. The molecular weight excluding hydrogens is 604 g/mol. The molecule has 0 saturated carbocycles. The molecule has 0 N–H and O–H groups in total. The molecule has 9 nitrogen and oxygen atoms in total. The van der Waals surface area contributed by atoms with Crippen LogP contribution in [0.25, 0.3) is 0 Å². The maximum absolute atomic E-state index is 6.24. The van der Waals surface area contributed by atoms with Gasteiger partial charge in [0.15, 0.2) is 42.6 Å². The number of rotatable bonds is 13. The van der Waals surface area contributed by atoms with E-state index < -0.39 is 8.07 Å². The van der Waals surface area contributed by atoms with E-state index in [1.54, 1.807) is 64.0 Å². The van der Waals surface area contributed by atoms with Crippen molar-refractivity contribution in [2.24, 2.45) is 5.92 Å². The Balaban J connectivity index is 2.46. The first-order valence-corrected chi connectivity index (χ1v) is 16.9. The van der Waals surface area contributed by atoms with Gasteiger partial charge in [-0.1, -0.05) is 23.3 Å². The summed E-state index contributed by atoms with van der Waals surface area (Å²) >= 11 is 0. The van der Waals surface area contributed by atoms with Gasteiger partial charge in [0.1, 0.15) is 17.2 Å². The smallest absolute Gasteiger partial charge is 0.189 e. The van der Waals surface area contributed by atoms with Crippen LogP contribution in [-0.2, 0) is 0 Å². The van der Waals surface area contributed by atoms with E-state index in [1.807, 2.05) is 36.4 Å². The summed E-state index contributed by atoms with van der Waals surface area (Å²) in [5.41, 5.74) is 3.70. The summed E-state index contributed by atoms with van der Waals surface area (Å²) in [6.07, 6.45) is 0. The van der Waals surface area contributed by atoms with Crippen molar-refractivity contribution in [3.8, 4) is 51.7 Å². The summed E-state index contributed by atoms with van der Waals surface area (Å²) in [6.45, 7) is 8.81. The third-order valence-corrected chi connectivity index (χ3v) is 14.6. The maximum atomic E-state index is 6.24. The van der Waals surface area contributed by atoms with E-state index in [1.165, 1.54) is 21.9 Å². The molecule has 1 aliphatic rings. The zero-order valence-corrected chi connectivity index (χ0v) is 30.2. The van der Waals surface area contributed by atoms with Crippen LogP contribution in [0.4, 0.5) is 0 Å². The van der Waals surface area contributed by atoms with E-state index >= 15 is 0 Å². The molecule has 1 unspecified atom stereocenters. The Morgan fingerprint density at radius 2 is 0.652 bits per heavy atom. The quantitative estimate of drug-likeness (QED) is 0.186. The molecule has 46 heavy (non-hydrogen) atoms. The first kappa shape index (κ1) is 34.4. The number of ether oxygens (including phenoxy) is 9. The first-order chi connectivity index (χ1) is 22.1. The van der Waals surface area contributed by atoms with Gasteiger partial charge in [-0.25, -0.2) is 0 Å². The molecule has 0 saturated heterocycles. The summed E-state index contributed by atoms with van der Waals surface area (Å²) < 4.78 is 53.8. The highest BCUT2D eigenvalue weighted by molar-refractivity contribution is 7.17. The van der Waals surface area contributed by atoms with Crippen LogP contribution < -0.4 is 58.2 Å². The molecule has 0 fully saturated rings. The van der Waals surface area contributed by atoms with Gasteiger partial charge in [0.05, 0.1) is 64.0 Å². The zero-order chi connectivity index (χ0) is 33.9. The van der Waals surface area contributed by atoms with Crippen LogP contribution in [0.3, 0.4) is 0 Å². The van der Waals surface area contributed by atoms with Crippen LogP contribution in [0.1, 0.15) is 27.7 Å². The topological polar surface area (TPSA) is 83.1 Å². The summed E-state index contributed by atoms with van der Waals surface area (Å²) in [5.74, 6) is 5.19. The van der Waals surface area contributed by atoms with E-state index in [0.29, 0.717) is 51.7 Å². The number of allylic oxidation sites excluding steroid dienone is 4. The first-order valence-electron chi connectivity index (χ1n) is 14.9. The number of hydrogen-bond donors (Lipinski definition) is 0. The molecule has 4 rings (SSSR count). The van der Waals surface area contributed by atoms with Crippen LogP contribution >= 0.6 is 0 Å². The minimum Gasteiger partial charge on any atom is -0.497 e. The largest absolute Gasteiger partial charge is 0.497 e. The lowest BCUT2D eigenvalue weighted by atomic mass is 10.1. The summed E-state index contributed by atoms with van der Waals surface area (Å²) in [5, 5.41) is 3.91. The van der Waals surface area contributed by atoms with Crippen LogP contribution in [-0.4, -0.2) is 72.1 Å². The van der Waals surface area contributed by atoms with Crippen LogP contribution in [0, 0.1) is 5.92 Å². The standard InChI is InChI=1S/C36H46O9Si/c1-20-21(2)23(4)36(22(20)3)46(33-17-27(40-8)24(37-5)14-30(33)43-11,34-18-28(41-9)25(38-6)15-31(34)44-12)35-19-29(42-10)26(39-7)16-32(35)45-13/h14-19,22H,1-13H3. The van der Waals surface area contributed by atoms with Crippen molar-refractivity contribution in [1.29, 1.82) is 0 Å². The lowest BCUT2D eigenvalue weighted by Gasteiger charge is -2.41. The van der Waals surface area contributed by atoms with Crippen LogP contribution in [0.15, 0.2) is 58.3 Å². The highest BCUT2D eigenvalue weighted by Gasteiger charge is 2.54. The molecular formula is C36H46O9Si. The zero-order valence-electron chi connectivity index (χ0n) is 29.2. The molecule has 0 heterocycles. The second-order valence-corrected chi connectivity index (χ2v) is 14.7. The van der Waals surface area contributed by atoms with Crippen molar-refractivity contribution in [3.63, 3.8) is 0 Å². The lowest BCUT2D eigenvalue weighted by Crippen LogP contribution is -2.70. The predicted octanol–water partition coefficient (Wildman–Crippen LogP) is 5.08.